The molecule has 2 rings (SSSR count). The van der Waals surface area contributed by atoms with Gasteiger partial charge in [-0.25, -0.2) is 4.98 Å². The second-order valence-corrected chi connectivity index (χ2v) is 5.70. The fourth-order valence-corrected chi connectivity index (χ4v) is 2.78. The number of thiazole rings is 1. The molecule has 1 aromatic rings. The molecule has 0 bridgehead atoms. The molecule has 1 fully saturated rings. The molecule has 0 unspecified atom stereocenters. The van der Waals surface area contributed by atoms with Gasteiger partial charge in [0.2, 0.25) is 0 Å². The van der Waals surface area contributed by atoms with Crippen molar-refractivity contribution in [2.45, 2.75) is 52.0 Å². The van der Waals surface area contributed by atoms with E-state index in [1.165, 1.54) is 36.4 Å². The molecule has 0 spiro atoms. The van der Waals surface area contributed by atoms with E-state index in [-0.39, 0.29) is 0 Å². The fraction of sp³-hybridized carbons (Fsp3) is 0.769. The average Bonchev–Trinajstić information content (AvgIpc) is 3.05. The minimum absolute atomic E-state index is 0.795. The van der Waals surface area contributed by atoms with Crippen molar-refractivity contribution in [2.24, 2.45) is 5.92 Å². The van der Waals surface area contributed by atoms with Crippen LogP contribution in [0.25, 0.3) is 0 Å². The highest BCUT2D eigenvalue weighted by atomic mass is 32.1. The van der Waals surface area contributed by atoms with Gasteiger partial charge in [0.15, 0.2) is 0 Å². The van der Waals surface area contributed by atoms with Gasteiger partial charge in [-0.15, -0.1) is 11.3 Å². The smallest absolute Gasteiger partial charge is 0.107 e. The summed E-state index contributed by atoms with van der Waals surface area (Å²) in [6.07, 6.45) is 5.25. The van der Waals surface area contributed by atoms with Crippen LogP contribution in [0.15, 0.2) is 5.38 Å². The zero-order chi connectivity index (χ0) is 11.4. The Morgan fingerprint density at radius 1 is 1.44 bits per heavy atom. The number of nitrogens with zero attached hydrogens (tertiary/aromatic N) is 1. The Labute approximate surface area is 102 Å². The molecule has 1 saturated carbocycles. The quantitative estimate of drug-likeness (QED) is 0.786. The number of nitrogens with one attached hydrogen (secondary N) is 1. The molecule has 1 aliphatic rings. The van der Waals surface area contributed by atoms with Gasteiger partial charge in [0.25, 0.3) is 0 Å². The molecule has 1 N–H and O–H groups in total. The lowest BCUT2D eigenvalue weighted by Gasteiger charge is -2.12. The third kappa shape index (κ3) is 3.29. The number of hydrogen-bond acceptors (Lipinski definition) is 3. The van der Waals surface area contributed by atoms with Gasteiger partial charge in [-0.3, -0.25) is 0 Å². The SMILES string of the molecule is CCC(CC)CNCc1nc(C2CC2)cs1. The van der Waals surface area contributed by atoms with E-state index in [9.17, 15) is 0 Å². The second kappa shape index (κ2) is 5.78. The van der Waals surface area contributed by atoms with Crippen molar-refractivity contribution in [2.75, 3.05) is 6.54 Å². The highest BCUT2D eigenvalue weighted by Crippen LogP contribution is 2.40. The van der Waals surface area contributed by atoms with E-state index >= 15 is 0 Å². The topological polar surface area (TPSA) is 24.9 Å². The van der Waals surface area contributed by atoms with Crippen molar-refractivity contribution in [1.82, 2.24) is 10.3 Å². The monoisotopic (exact) mass is 238 g/mol. The summed E-state index contributed by atoms with van der Waals surface area (Å²) in [4.78, 5) is 4.68. The minimum atomic E-state index is 0.795. The van der Waals surface area contributed by atoms with Gasteiger partial charge in [-0.2, -0.15) is 0 Å². The molecule has 0 radical (unpaired) electrons. The molecular formula is C13H22N2S. The van der Waals surface area contributed by atoms with Crippen LogP contribution in [0.3, 0.4) is 0 Å². The molecule has 1 aromatic heterocycles. The molecule has 90 valence electrons. The van der Waals surface area contributed by atoms with Gasteiger partial charge in [-0.05, 0) is 25.3 Å². The van der Waals surface area contributed by atoms with Gasteiger partial charge in [0.1, 0.15) is 5.01 Å². The third-order valence-electron chi connectivity index (χ3n) is 3.43. The normalized spacial score (nSPS) is 15.9. The van der Waals surface area contributed by atoms with E-state index in [0.717, 1.165) is 24.9 Å². The lowest BCUT2D eigenvalue weighted by atomic mass is 10.0. The molecule has 0 saturated heterocycles. The Kier molecular flexibility index (Phi) is 4.36. The van der Waals surface area contributed by atoms with Gasteiger partial charge >= 0.3 is 0 Å². The predicted molar refractivity (Wildman–Crippen MR) is 69.9 cm³/mol. The van der Waals surface area contributed by atoms with Crippen molar-refractivity contribution < 1.29 is 0 Å². The largest absolute Gasteiger partial charge is 0.310 e. The van der Waals surface area contributed by atoms with Crippen molar-refractivity contribution in [3.05, 3.63) is 16.1 Å². The Balaban J connectivity index is 1.71. The summed E-state index contributed by atoms with van der Waals surface area (Å²) in [6, 6.07) is 0. The summed E-state index contributed by atoms with van der Waals surface area (Å²) in [6.45, 7) is 6.62. The molecule has 16 heavy (non-hydrogen) atoms. The van der Waals surface area contributed by atoms with E-state index in [2.05, 4.69) is 29.5 Å². The van der Waals surface area contributed by atoms with Crippen LogP contribution in [0.1, 0.15) is 56.2 Å². The van der Waals surface area contributed by atoms with Crippen LogP contribution in [0, 0.1) is 5.92 Å². The number of hydrogen-bond donors (Lipinski definition) is 1. The first kappa shape index (κ1) is 12.1. The molecule has 3 heteroatoms. The van der Waals surface area contributed by atoms with Gasteiger partial charge in [-0.1, -0.05) is 26.7 Å². The van der Waals surface area contributed by atoms with Crippen molar-refractivity contribution in [3.8, 4) is 0 Å². The summed E-state index contributed by atoms with van der Waals surface area (Å²) in [5.41, 5.74) is 1.34. The lowest BCUT2D eigenvalue weighted by Crippen LogP contribution is -2.21. The van der Waals surface area contributed by atoms with Gasteiger partial charge < -0.3 is 5.32 Å². The molecular weight excluding hydrogens is 216 g/mol. The minimum Gasteiger partial charge on any atom is -0.310 e. The van der Waals surface area contributed by atoms with Crippen molar-refractivity contribution >= 4 is 11.3 Å². The maximum absolute atomic E-state index is 4.68. The summed E-state index contributed by atoms with van der Waals surface area (Å²) in [5.74, 6) is 1.62. The molecule has 1 heterocycles. The van der Waals surface area contributed by atoms with Crippen LogP contribution in [0.2, 0.25) is 0 Å². The number of aromatic nitrogens is 1. The average molecular weight is 238 g/mol. The Morgan fingerprint density at radius 3 is 2.81 bits per heavy atom. The zero-order valence-electron chi connectivity index (χ0n) is 10.3. The Morgan fingerprint density at radius 2 is 2.19 bits per heavy atom. The molecule has 0 aromatic carbocycles. The summed E-state index contributed by atoms with van der Waals surface area (Å²) < 4.78 is 0. The van der Waals surface area contributed by atoms with E-state index in [4.69, 9.17) is 0 Å². The first-order chi connectivity index (χ1) is 7.83. The van der Waals surface area contributed by atoms with Gasteiger partial charge in [0, 0.05) is 17.8 Å². The number of rotatable bonds is 7. The van der Waals surface area contributed by atoms with E-state index < -0.39 is 0 Å². The van der Waals surface area contributed by atoms with Crippen LogP contribution in [0.5, 0.6) is 0 Å². The maximum Gasteiger partial charge on any atom is 0.107 e. The highest BCUT2D eigenvalue weighted by molar-refractivity contribution is 7.09. The maximum atomic E-state index is 4.68. The van der Waals surface area contributed by atoms with Gasteiger partial charge in [0.05, 0.1) is 5.69 Å². The predicted octanol–water partition coefficient (Wildman–Crippen LogP) is 3.55. The van der Waals surface area contributed by atoms with Crippen molar-refractivity contribution in [3.63, 3.8) is 0 Å². The molecule has 0 aliphatic heterocycles. The molecule has 0 atom stereocenters. The first-order valence-corrected chi connectivity index (χ1v) is 7.36. The van der Waals surface area contributed by atoms with Crippen LogP contribution in [0.4, 0.5) is 0 Å². The molecule has 2 nitrogen and oxygen atoms in total. The Hall–Kier alpha value is -0.410. The first-order valence-electron chi connectivity index (χ1n) is 6.48. The zero-order valence-corrected chi connectivity index (χ0v) is 11.1. The second-order valence-electron chi connectivity index (χ2n) is 4.75. The van der Waals surface area contributed by atoms with Crippen molar-refractivity contribution in [1.29, 1.82) is 0 Å². The van der Waals surface area contributed by atoms with Crippen LogP contribution in [-0.4, -0.2) is 11.5 Å². The van der Waals surface area contributed by atoms with E-state index in [0.29, 0.717) is 0 Å². The summed E-state index contributed by atoms with van der Waals surface area (Å²) in [5, 5.41) is 7.02. The van der Waals surface area contributed by atoms with Crippen LogP contribution in [-0.2, 0) is 6.54 Å². The molecule has 1 aliphatic carbocycles. The fourth-order valence-electron chi connectivity index (χ4n) is 1.93. The summed E-state index contributed by atoms with van der Waals surface area (Å²) in [7, 11) is 0. The standard InChI is InChI=1S/C13H22N2S/c1-3-10(4-2)7-14-8-13-15-12(9-16-13)11-5-6-11/h9-11,14H,3-8H2,1-2H3. The van der Waals surface area contributed by atoms with E-state index in [1.807, 2.05) is 11.3 Å². The summed E-state index contributed by atoms with van der Waals surface area (Å²) >= 11 is 1.81. The molecule has 0 amide bonds. The Bertz CT molecular complexity index is 313. The lowest BCUT2D eigenvalue weighted by molar-refractivity contribution is 0.449. The highest BCUT2D eigenvalue weighted by Gasteiger charge is 2.25. The van der Waals surface area contributed by atoms with Crippen LogP contribution >= 0.6 is 11.3 Å². The third-order valence-corrected chi connectivity index (χ3v) is 4.30. The van der Waals surface area contributed by atoms with E-state index in [1.54, 1.807) is 0 Å². The van der Waals surface area contributed by atoms with Crippen LogP contribution < -0.4 is 5.32 Å².